The molecule has 0 spiro atoms. The zero-order chi connectivity index (χ0) is 22.5. The fourth-order valence-corrected chi connectivity index (χ4v) is 5.95. The third kappa shape index (κ3) is 3.77. The van der Waals surface area contributed by atoms with Gasteiger partial charge in [0.15, 0.2) is 5.17 Å². The van der Waals surface area contributed by atoms with Crippen LogP contribution in [0.3, 0.4) is 0 Å². The molecular weight excluding hydrogens is 449 g/mol. The second-order valence-corrected chi connectivity index (χ2v) is 10.4. The number of carbonyl (C=O) groups is 1. The van der Waals surface area contributed by atoms with Crippen molar-refractivity contribution in [1.29, 1.82) is 0 Å². The molecule has 31 heavy (non-hydrogen) atoms. The molecule has 4 rings (SSSR count). The number of aliphatic imine (C=N–C) groups is 1. The van der Waals surface area contributed by atoms with Crippen LogP contribution in [0.5, 0.6) is 0 Å². The summed E-state index contributed by atoms with van der Waals surface area (Å²) in [6.07, 6.45) is 0. The van der Waals surface area contributed by atoms with Crippen molar-refractivity contribution in [3.05, 3.63) is 80.3 Å². The second-order valence-electron chi connectivity index (χ2n) is 8.54. The number of likely N-dealkylation sites (N-methyl/N-ethyl adjacent to an activating group) is 1. The van der Waals surface area contributed by atoms with Crippen LogP contribution in [0.2, 0.25) is 10.0 Å². The van der Waals surface area contributed by atoms with E-state index in [1.165, 1.54) is 11.8 Å². The highest BCUT2D eigenvalue weighted by molar-refractivity contribution is 8.18. The van der Waals surface area contributed by atoms with Crippen LogP contribution in [0.25, 0.3) is 0 Å². The van der Waals surface area contributed by atoms with Crippen molar-refractivity contribution in [2.45, 2.75) is 32.4 Å². The van der Waals surface area contributed by atoms with Crippen molar-refractivity contribution in [2.24, 2.45) is 10.9 Å². The Morgan fingerprint density at radius 1 is 1.06 bits per heavy atom. The molecule has 0 aliphatic carbocycles. The molecular formula is C24H25Cl2N3OS. The molecule has 162 valence electrons. The van der Waals surface area contributed by atoms with E-state index in [4.69, 9.17) is 28.2 Å². The number of carbonyl (C=O) groups excluding carboxylic acids is 1. The van der Waals surface area contributed by atoms with Gasteiger partial charge in [0.25, 0.3) is 5.91 Å². The van der Waals surface area contributed by atoms with Gasteiger partial charge in [-0.3, -0.25) is 4.79 Å². The molecule has 0 saturated heterocycles. The van der Waals surface area contributed by atoms with Gasteiger partial charge in [-0.1, -0.05) is 61.3 Å². The van der Waals surface area contributed by atoms with Gasteiger partial charge in [-0.05, 0) is 60.0 Å². The van der Waals surface area contributed by atoms with Gasteiger partial charge in [0, 0.05) is 29.8 Å². The standard InChI is InChI=1S/C24H25Cl2N3OS/c1-14(2)19-20(22(30)28(4)5)31-23-27-24(3,16-8-12-18(26)13-9-16)21(29(19)23)15-6-10-17(25)11-7-15/h6-14,21H,1-5H3/t21-,24+/m0/s1. The number of thioether (sulfide) groups is 1. The van der Waals surface area contributed by atoms with E-state index in [2.05, 4.69) is 25.7 Å². The lowest BCUT2D eigenvalue weighted by atomic mass is 9.81. The molecule has 0 unspecified atom stereocenters. The number of amidine groups is 1. The van der Waals surface area contributed by atoms with Crippen molar-refractivity contribution in [3.8, 4) is 0 Å². The molecule has 1 amide bonds. The summed E-state index contributed by atoms with van der Waals surface area (Å²) in [6.45, 7) is 6.39. The number of allylic oxidation sites excluding steroid dienone is 1. The second kappa shape index (κ2) is 8.19. The van der Waals surface area contributed by atoms with Crippen molar-refractivity contribution >= 4 is 46.0 Å². The summed E-state index contributed by atoms with van der Waals surface area (Å²) in [7, 11) is 3.57. The minimum absolute atomic E-state index is 0.00820. The lowest BCUT2D eigenvalue weighted by Crippen LogP contribution is -2.36. The van der Waals surface area contributed by atoms with Crippen LogP contribution in [-0.4, -0.2) is 35.0 Å². The average Bonchev–Trinajstić information content (AvgIpc) is 3.21. The Bertz CT molecular complexity index is 1080. The molecule has 2 aliphatic rings. The molecule has 2 aromatic carbocycles. The maximum atomic E-state index is 13.0. The Morgan fingerprint density at radius 3 is 2.13 bits per heavy atom. The molecule has 2 atom stereocenters. The predicted octanol–water partition coefficient (Wildman–Crippen LogP) is 6.32. The number of hydrogen-bond donors (Lipinski definition) is 0. The van der Waals surface area contributed by atoms with Crippen LogP contribution in [0.1, 0.15) is 37.9 Å². The molecule has 0 N–H and O–H groups in total. The van der Waals surface area contributed by atoms with Gasteiger partial charge in [-0.2, -0.15) is 0 Å². The predicted molar refractivity (Wildman–Crippen MR) is 130 cm³/mol. The number of hydrogen-bond acceptors (Lipinski definition) is 4. The highest BCUT2D eigenvalue weighted by atomic mass is 35.5. The van der Waals surface area contributed by atoms with E-state index in [0.717, 1.165) is 26.9 Å². The summed E-state index contributed by atoms with van der Waals surface area (Å²) in [4.78, 5) is 22.8. The van der Waals surface area contributed by atoms with Gasteiger partial charge < -0.3 is 9.80 Å². The fourth-order valence-electron chi connectivity index (χ4n) is 4.27. The largest absolute Gasteiger partial charge is 0.344 e. The summed E-state index contributed by atoms with van der Waals surface area (Å²) in [6, 6.07) is 15.7. The Hall–Kier alpha value is -1.95. The van der Waals surface area contributed by atoms with E-state index in [1.54, 1.807) is 19.0 Å². The van der Waals surface area contributed by atoms with E-state index in [0.29, 0.717) is 10.0 Å². The Kier molecular flexibility index (Phi) is 5.88. The molecule has 0 bridgehead atoms. The topological polar surface area (TPSA) is 35.9 Å². The maximum absolute atomic E-state index is 13.0. The Morgan fingerprint density at radius 2 is 1.61 bits per heavy atom. The minimum atomic E-state index is -0.548. The summed E-state index contributed by atoms with van der Waals surface area (Å²) >= 11 is 13.8. The zero-order valence-corrected chi connectivity index (χ0v) is 20.5. The maximum Gasteiger partial charge on any atom is 0.262 e. The molecule has 2 aromatic rings. The van der Waals surface area contributed by atoms with Gasteiger partial charge in [0.1, 0.15) is 10.4 Å². The van der Waals surface area contributed by atoms with Crippen LogP contribution >= 0.6 is 35.0 Å². The molecule has 0 aromatic heterocycles. The van der Waals surface area contributed by atoms with E-state index < -0.39 is 5.54 Å². The third-order valence-electron chi connectivity index (χ3n) is 5.77. The summed E-state index contributed by atoms with van der Waals surface area (Å²) < 4.78 is 0. The lowest BCUT2D eigenvalue weighted by Gasteiger charge is -2.37. The Labute approximate surface area is 197 Å². The first kappa shape index (κ1) is 22.3. The van der Waals surface area contributed by atoms with Gasteiger partial charge in [-0.15, -0.1) is 0 Å². The van der Waals surface area contributed by atoms with Crippen LogP contribution in [0.15, 0.2) is 64.1 Å². The summed E-state index contributed by atoms with van der Waals surface area (Å²) in [5.74, 6) is 0.162. The van der Waals surface area contributed by atoms with Crippen molar-refractivity contribution in [3.63, 3.8) is 0 Å². The third-order valence-corrected chi connectivity index (χ3v) is 7.33. The summed E-state index contributed by atoms with van der Waals surface area (Å²) in [5.41, 5.74) is 2.63. The first-order valence-corrected chi connectivity index (χ1v) is 11.7. The number of halogens is 2. The van der Waals surface area contributed by atoms with Crippen LogP contribution in [0.4, 0.5) is 0 Å². The minimum Gasteiger partial charge on any atom is -0.344 e. The van der Waals surface area contributed by atoms with Crippen molar-refractivity contribution in [1.82, 2.24) is 9.80 Å². The van der Waals surface area contributed by atoms with Crippen molar-refractivity contribution < 1.29 is 4.79 Å². The molecule has 0 saturated carbocycles. The first-order chi connectivity index (χ1) is 14.6. The van der Waals surface area contributed by atoms with Gasteiger partial charge in [0.2, 0.25) is 0 Å². The smallest absolute Gasteiger partial charge is 0.262 e. The number of amides is 1. The fraction of sp³-hybridized carbons (Fsp3) is 0.333. The van der Waals surface area contributed by atoms with Crippen LogP contribution < -0.4 is 0 Å². The first-order valence-electron chi connectivity index (χ1n) is 10.2. The highest BCUT2D eigenvalue weighted by Crippen LogP contribution is 2.56. The van der Waals surface area contributed by atoms with E-state index in [9.17, 15) is 4.79 Å². The van der Waals surface area contributed by atoms with Gasteiger partial charge >= 0.3 is 0 Å². The van der Waals surface area contributed by atoms with Crippen LogP contribution in [-0.2, 0) is 10.3 Å². The van der Waals surface area contributed by atoms with Gasteiger partial charge in [-0.25, -0.2) is 4.99 Å². The van der Waals surface area contributed by atoms with E-state index in [1.807, 2.05) is 48.5 Å². The summed E-state index contributed by atoms with van der Waals surface area (Å²) in [5, 5.41) is 2.24. The number of fused-ring (bicyclic) bond motifs is 1. The molecule has 0 radical (unpaired) electrons. The molecule has 2 aliphatic heterocycles. The lowest BCUT2D eigenvalue weighted by molar-refractivity contribution is -0.124. The number of benzene rings is 2. The molecule has 7 heteroatoms. The van der Waals surface area contributed by atoms with E-state index in [-0.39, 0.29) is 17.9 Å². The van der Waals surface area contributed by atoms with E-state index >= 15 is 0 Å². The molecule has 0 fully saturated rings. The molecule has 4 nitrogen and oxygen atoms in total. The van der Waals surface area contributed by atoms with Crippen molar-refractivity contribution in [2.75, 3.05) is 14.1 Å². The average molecular weight is 474 g/mol. The monoisotopic (exact) mass is 473 g/mol. The Balaban J connectivity index is 1.91. The quantitative estimate of drug-likeness (QED) is 0.520. The number of nitrogens with zero attached hydrogens (tertiary/aromatic N) is 3. The van der Waals surface area contributed by atoms with Crippen LogP contribution in [0, 0.1) is 5.92 Å². The highest BCUT2D eigenvalue weighted by Gasteiger charge is 2.53. The number of rotatable bonds is 4. The van der Waals surface area contributed by atoms with Gasteiger partial charge in [0.05, 0.1) is 6.04 Å². The SMILES string of the molecule is CC(C)C1=C(C(=O)N(C)C)SC2=N[C@](C)(c3ccc(Cl)cc3)[C@H](c3ccc(Cl)cc3)N21. The normalized spacial score (nSPS) is 22.8. The molecule has 2 heterocycles. The zero-order valence-electron chi connectivity index (χ0n) is 18.2.